The van der Waals surface area contributed by atoms with E-state index in [4.69, 9.17) is 10.8 Å². The molecule has 3 nitrogen and oxygen atoms in total. The average Bonchev–Trinajstić information content (AvgIpc) is 1.84. The van der Waals surface area contributed by atoms with Crippen molar-refractivity contribution in [2.45, 2.75) is 6.92 Å². The second-order valence-electron chi connectivity index (χ2n) is 1.96. The highest BCUT2D eigenvalue weighted by Crippen LogP contribution is 2.18. The van der Waals surface area contributed by atoms with E-state index in [1.54, 1.807) is 0 Å². The molecule has 0 aromatic carbocycles. The number of aromatic hydroxyl groups is 1. The number of halogens is 1. The summed E-state index contributed by atoms with van der Waals surface area (Å²) in [5.74, 6) is -0.909. The number of aromatic nitrogens is 1. The van der Waals surface area contributed by atoms with E-state index in [2.05, 4.69) is 4.98 Å². The summed E-state index contributed by atoms with van der Waals surface area (Å²) in [7, 11) is 0. The molecule has 54 valence electrons. The molecular formula is C6H7FN2O. The third-order valence-electron chi connectivity index (χ3n) is 1.16. The second kappa shape index (κ2) is 2.13. The Morgan fingerprint density at radius 1 is 1.70 bits per heavy atom. The number of hydrogen-bond donors (Lipinski definition) is 2. The van der Waals surface area contributed by atoms with Crippen LogP contribution in [0.15, 0.2) is 6.07 Å². The number of hydrogen-bond acceptors (Lipinski definition) is 3. The Kier molecular flexibility index (Phi) is 1.45. The molecule has 0 aliphatic heterocycles. The molecule has 1 aromatic rings. The van der Waals surface area contributed by atoms with Crippen molar-refractivity contribution in [1.29, 1.82) is 0 Å². The number of aryl methyl sites for hydroxylation is 1. The SMILES string of the molecule is Cc1nc(N)c(O)cc1F. The molecule has 1 heterocycles. The highest BCUT2D eigenvalue weighted by atomic mass is 19.1. The molecule has 0 fully saturated rings. The van der Waals surface area contributed by atoms with Crippen molar-refractivity contribution in [3.63, 3.8) is 0 Å². The van der Waals surface area contributed by atoms with E-state index in [0.717, 1.165) is 6.07 Å². The zero-order valence-electron chi connectivity index (χ0n) is 5.43. The molecule has 0 aliphatic carbocycles. The van der Waals surface area contributed by atoms with Crippen LogP contribution in [0, 0.1) is 12.7 Å². The third kappa shape index (κ3) is 1.00. The predicted molar refractivity (Wildman–Crippen MR) is 35.0 cm³/mol. The van der Waals surface area contributed by atoms with Crippen LogP contribution < -0.4 is 5.73 Å². The van der Waals surface area contributed by atoms with Crippen LogP contribution in [0.25, 0.3) is 0 Å². The van der Waals surface area contributed by atoms with Crippen LogP contribution >= 0.6 is 0 Å². The van der Waals surface area contributed by atoms with E-state index in [1.807, 2.05) is 0 Å². The minimum atomic E-state index is -0.549. The van der Waals surface area contributed by atoms with Crippen LogP contribution in [0.2, 0.25) is 0 Å². The lowest BCUT2D eigenvalue weighted by Crippen LogP contribution is -1.95. The Bertz CT molecular complexity index is 212. The predicted octanol–water partition coefficient (Wildman–Crippen LogP) is 0.817. The summed E-state index contributed by atoms with van der Waals surface area (Å²) in [6, 6.07) is 0.942. The zero-order chi connectivity index (χ0) is 7.72. The summed E-state index contributed by atoms with van der Waals surface area (Å²) >= 11 is 0. The smallest absolute Gasteiger partial charge is 0.166 e. The monoisotopic (exact) mass is 142 g/mol. The fourth-order valence-electron chi connectivity index (χ4n) is 0.590. The minimum Gasteiger partial charge on any atom is -0.504 e. The molecule has 0 saturated carbocycles. The van der Waals surface area contributed by atoms with Crippen molar-refractivity contribution in [2.24, 2.45) is 0 Å². The number of nitrogens with two attached hydrogens (primary N) is 1. The largest absolute Gasteiger partial charge is 0.504 e. The first kappa shape index (κ1) is 6.80. The van der Waals surface area contributed by atoms with Crippen molar-refractivity contribution < 1.29 is 9.50 Å². The number of nitrogens with zero attached hydrogens (tertiary/aromatic N) is 1. The Morgan fingerprint density at radius 2 is 2.30 bits per heavy atom. The first-order valence-electron chi connectivity index (χ1n) is 2.73. The van der Waals surface area contributed by atoms with E-state index < -0.39 is 5.82 Å². The topological polar surface area (TPSA) is 59.1 Å². The fraction of sp³-hybridized carbons (Fsp3) is 0.167. The summed E-state index contributed by atoms with van der Waals surface area (Å²) in [5, 5.41) is 8.80. The molecule has 0 saturated heterocycles. The molecule has 0 amide bonds. The van der Waals surface area contributed by atoms with Crippen LogP contribution in [-0.2, 0) is 0 Å². The normalized spacial score (nSPS) is 9.80. The lowest BCUT2D eigenvalue weighted by molar-refractivity contribution is 0.467. The van der Waals surface area contributed by atoms with Gasteiger partial charge in [-0.25, -0.2) is 9.37 Å². The average molecular weight is 142 g/mol. The van der Waals surface area contributed by atoms with E-state index in [0.29, 0.717) is 0 Å². The summed E-state index contributed by atoms with van der Waals surface area (Å²) in [6.45, 7) is 1.48. The third-order valence-corrected chi connectivity index (χ3v) is 1.16. The molecule has 1 rings (SSSR count). The molecular weight excluding hydrogens is 135 g/mol. The van der Waals surface area contributed by atoms with Gasteiger partial charge in [-0.2, -0.15) is 0 Å². The summed E-state index contributed by atoms with van der Waals surface area (Å²) < 4.78 is 12.5. The van der Waals surface area contributed by atoms with Gasteiger partial charge in [0.1, 0.15) is 5.82 Å². The molecule has 0 aliphatic rings. The first-order chi connectivity index (χ1) is 4.61. The van der Waals surface area contributed by atoms with Crippen LogP contribution in [0.3, 0.4) is 0 Å². The number of rotatable bonds is 0. The number of pyridine rings is 1. The van der Waals surface area contributed by atoms with Gasteiger partial charge in [0.2, 0.25) is 0 Å². The molecule has 0 unspecified atom stereocenters. The minimum absolute atomic E-state index is 0.0427. The van der Waals surface area contributed by atoms with Crippen LogP contribution in [0.1, 0.15) is 5.69 Å². The van der Waals surface area contributed by atoms with Crippen LogP contribution in [0.5, 0.6) is 5.75 Å². The van der Waals surface area contributed by atoms with Gasteiger partial charge in [0.05, 0.1) is 5.69 Å². The van der Waals surface area contributed by atoms with E-state index in [1.165, 1.54) is 6.92 Å². The molecule has 10 heavy (non-hydrogen) atoms. The van der Waals surface area contributed by atoms with Gasteiger partial charge in [-0.3, -0.25) is 0 Å². The van der Waals surface area contributed by atoms with E-state index in [-0.39, 0.29) is 17.3 Å². The molecule has 0 radical (unpaired) electrons. The first-order valence-corrected chi connectivity index (χ1v) is 2.73. The lowest BCUT2D eigenvalue weighted by Gasteiger charge is -1.98. The lowest BCUT2D eigenvalue weighted by atomic mass is 10.3. The van der Waals surface area contributed by atoms with Gasteiger partial charge in [-0.15, -0.1) is 0 Å². The highest BCUT2D eigenvalue weighted by molar-refractivity contribution is 5.45. The molecule has 4 heteroatoms. The summed E-state index contributed by atoms with van der Waals surface area (Å²) in [6.07, 6.45) is 0. The van der Waals surface area contributed by atoms with Crippen LogP contribution in [0.4, 0.5) is 10.2 Å². The fourth-order valence-corrected chi connectivity index (χ4v) is 0.590. The molecule has 1 aromatic heterocycles. The van der Waals surface area contributed by atoms with Gasteiger partial charge < -0.3 is 10.8 Å². The number of anilines is 1. The maximum absolute atomic E-state index is 12.5. The highest BCUT2D eigenvalue weighted by Gasteiger charge is 2.03. The molecule has 0 bridgehead atoms. The zero-order valence-corrected chi connectivity index (χ0v) is 5.43. The van der Waals surface area contributed by atoms with Crippen molar-refractivity contribution in [1.82, 2.24) is 4.98 Å². The Labute approximate surface area is 57.3 Å². The second-order valence-corrected chi connectivity index (χ2v) is 1.96. The van der Waals surface area contributed by atoms with Crippen LogP contribution in [-0.4, -0.2) is 10.1 Å². The quantitative estimate of drug-likeness (QED) is 0.563. The van der Waals surface area contributed by atoms with E-state index >= 15 is 0 Å². The number of nitrogen functional groups attached to an aromatic ring is 1. The summed E-state index contributed by atoms with van der Waals surface area (Å²) in [4.78, 5) is 3.53. The molecule has 3 N–H and O–H groups in total. The van der Waals surface area contributed by atoms with Gasteiger partial charge >= 0.3 is 0 Å². The van der Waals surface area contributed by atoms with Gasteiger partial charge in [0.25, 0.3) is 0 Å². The molecule has 0 atom stereocenters. The van der Waals surface area contributed by atoms with Gasteiger partial charge in [0.15, 0.2) is 11.6 Å². The van der Waals surface area contributed by atoms with Gasteiger partial charge in [-0.05, 0) is 6.92 Å². The van der Waals surface area contributed by atoms with Crippen molar-refractivity contribution in [3.05, 3.63) is 17.6 Å². The van der Waals surface area contributed by atoms with Crippen molar-refractivity contribution in [3.8, 4) is 5.75 Å². The Morgan fingerprint density at radius 3 is 2.80 bits per heavy atom. The van der Waals surface area contributed by atoms with Crippen molar-refractivity contribution >= 4 is 5.82 Å². The Balaban J connectivity index is 3.28. The maximum Gasteiger partial charge on any atom is 0.166 e. The summed E-state index contributed by atoms with van der Waals surface area (Å²) in [5.41, 5.74) is 5.35. The van der Waals surface area contributed by atoms with E-state index in [9.17, 15) is 4.39 Å². The maximum atomic E-state index is 12.5. The molecule has 0 spiro atoms. The standard InChI is InChI=1S/C6H7FN2O/c1-3-4(7)2-5(10)6(8)9-3/h2,10H,1H3,(H2,8,9). The Hall–Kier alpha value is -1.32. The van der Waals surface area contributed by atoms with Gasteiger partial charge in [-0.1, -0.05) is 0 Å². The van der Waals surface area contributed by atoms with Crippen molar-refractivity contribution in [2.75, 3.05) is 5.73 Å². The van der Waals surface area contributed by atoms with Gasteiger partial charge in [0, 0.05) is 6.07 Å².